The number of ether oxygens (including phenoxy) is 1. The molecule has 0 bridgehead atoms. The van der Waals surface area contributed by atoms with Gasteiger partial charge in [-0.3, -0.25) is 9.59 Å². The van der Waals surface area contributed by atoms with Crippen LogP contribution in [0.15, 0.2) is 24.3 Å². The van der Waals surface area contributed by atoms with Crippen LogP contribution in [-0.2, 0) is 20.7 Å². The molecule has 1 aliphatic rings. The fourth-order valence-electron chi connectivity index (χ4n) is 2.40. The SMILES string of the molecule is COCCN(CC(=O)O)C(=O)[C@@H]1SCCc2ccccc21. The van der Waals surface area contributed by atoms with Crippen molar-refractivity contribution in [2.45, 2.75) is 11.7 Å². The molecule has 0 radical (unpaired) electrons. The van der Waals surface area contributed by atoms with Crippen molar-refractivity contribution in [3.05, 3.63) is 35.4 Å². The zero-order valence-corrected chi connectivity index (χ0v) is 12.8. The Kier molecular flexibility index (Phi) is 5.64. The van der Waals surface area contributed by atoms with Gasteiger partial charge in [-0.05, 0) is 23.3 Å². The molecule has 1 aliphatic heterocycles. The van der Waals surface area contributed by atoms with Gasteiger partial charge in [0, 0.05) is 13.7 Å². The summed E-state index contributed by atoms with van der Waals surface area (Å²) in [4.78, 5) is 25.0. The van der Waals surface area contributed by atoms with Crippen molar-refractivity contribution in [2.75, 3.05) is 32.6 Å². The number of amides is 1. The van der Waals surface area contributed by atoms with Gasteiger partial charge in [0.25, 0.3) is 0 Å². The average molecular weight is 309 g/mol. The fourth-order valence-corrected chi connectivity index (χ4v) is 3.67. The van der Waals surface area contributed by atoms with Gasteiger partial charge in [0.15, 0.2) is 0 Å². The normalized spacial score (nSPS) is 17.1. The van der Waals surface area contributed by atoms with Gasteiger partial charge >= 0.3 is 5.97 Å². The van der Waals surface area contributed by atoms with Crippen LogP contribution in [-0.4, -0.2) is 54.4 Å². The summed E-state index contributed by atoms with van der Waals surface area (Å²) in [6.45, 7) is 0.334. The van der Waals surface area contributed by atoms with Crippen molar-refractivity contribution in [2.24, 2.45) is 0 Å². The summed E-state index contributed by atoms with van der Waals surface area (Å²) in [6, 6.07) is 7.88. The Morgan fingerprint density at radius 2 is 2.19 bits per heavy atom. The van der Waals surface area contributed by atoms with Crippen LogP contribution in [0.25, 0.3) is 0 Å². The third-order valence-electron chi connectivity index (χ3n) is 3.42. The van der Waals surface area contributed by atoms with Crippen molar-refractivity contribution >= 4 is 23.6 Å². The summed E-state index contributed by atoms with van der Waals surface area (Å²) in [6.07, 6.45) is 0.946. The number of aryl methyl sites for hydroxylation is 1. The van der Waals surface area contributed by atoms with E-state index in [1.54, 1.807) is 11.8 Å². The number of aliphatic carboxylic acids is 1. The number of fused-ring (bicyclic) bond motifs is 1. The molecule has 0 fully saturated rings. The number of carboxylic acid groups (broad SMARTS) is 1. The fraction of sp³-hybridized carbons (Fsp3) is 0.467. The number of thioether (sulfide) groups is 1. The molecule has 1 heterocycles. The minimum atomic E-state index is -1.01. The predicted molar refractivity (Wildman–Crippen MR) is 81.4 cm³/mol. The number of nitrogens with zero attached hydrogens (tertiary/aromatic N) is 1. The second-order valence-corrected chi connectivity index (χ2v) is 6.06. The van der Waals surface area contributed by atoms with Crippen LogP contribution in [0.2, 0.25) is 0 Å². The maximum atomic E-state index is 12.7. The van der Waals surface area contributed by atoms with Gasteiger partial charge in [0.2, 0.25) is 5.91 Å². The summed E-state index contributed by atoms with van der Waals surface area (Å²) < 4.78 is 4.97. The van der Waals surface area contributed by atoms with Gasteiger partial charge < -0.3 is 14.7 Å². The molecule has 1 aromatic carbocycles. The molecule has 1 atom stereocenters. The number of hydrogen-bond acceptors (Lipinski definition) is 4. The molecule has 114 valence electrons. The lowest BCUT2D eigenvalue weighted by molar-refractivity contribution is -0.144. The summed E-state index contributed by atoms with van der Waals surface area (Å²) in [5.41, 5.74) is 2.18. The first-order chi connectivity index (χ1) is 10.1. The first-order valence-electron chi connectivity index (χ1n) is 6.82. The molecular formula is C15H19NO4S. The molecule has 0 saturated heterocycles. The number of rotatable bonds is 6. The topological polar surface area (TPSA) is 66.8 Å². The molecule has 0 unspecified atom stereocenters. The average Bonchev–Trinajstić information content (AvgIpc) is 2.50. The summed E-state index contributed by atoms with van der Waals surface area (Å²) in [7, 11) is 1.54. The van der Waals surface area contributed by atoms with E-state index >= 15 is 0 Å². The highest BCUT2D eigenvalue weighted by atomic mass is 32.2. The Hall–Kier alpha value is -1.53. The maximum Gasteiger partial charge on any atom is 0.323 e. The molecule has 5 nitrogen and oxygen atoms in total. The van der Waals surface area contributed by atoms with E-state index in [0.717, 1.165) is 17.7 Å². The van der Waals surface area contributed by atoms with Crippen LogP contribution in [0.3, 0.4) is 0 Å². The van der Waals surface area contributed by atoms with E-state index in [-0.39, 0.29) is 17.7 Å². The van der Waals surface area contributed by atoms with E-state index in [9.17, 15) is 9.59 Å². The second kappa shape index (κ2) is 7.47. The maximum absolute atomic E-state index is 12.7. The lowest BCUT2D eigenvalue weighted by Gasteiger charge is -2.29. The van der Waals surface area contributed by atoms with Gasteiger partial charge in [-0.15, -0.1) is 11.8 Å². The highest BCUT2D eigenvalue weighted by Crippen LogP contribution is 2.37. The first-order valence-corrected chi connectivity index (χ1v) is 7.87. The van der Waals surface area contributed by atoms with E-state index in [0.29, 0.717) is 13.2 Å². The molecule has 1 amide bonds. The summed E-state index contributed by atoms with van der Waals surface area (Å²) >= 11 is 1.58. The zero-order chi connectivity index (χ0) is 15.2. The Balaban J connectivity index is 2.18. The summed E-state index contributed by atoms with van der Waals surface area (Å²) in [5.74, 6) is -0.279. The van der Waals surface area contributed by atoms with Gasteiger partial charge in [0.05, 0.1) is 6.61 Å². The Bertz CT molecular complexity index is 520. The minimum absolute atomic E-state index is 0.147. The van der Waals surface area contributed by atoms with E-state index in [1.807, 2.05) is 24.3 Å². The van der Waals surface area contributed by atoms with Crippen LogP contribution >= 0.6 is 11.8 Å². The van der Waals surface area contributed by atoms with Crippen LogP contribution < -0.4 is 0 Å². The lowest BCUT2D eigenvalue weighted by Crippen LogP contribution is -2.40. The van der Waals surface area contributed by atoms with Crippen molar-refractivity contribution < 1.29 is 19.4 Å². The standard InChI is InChI=1S/C15H19NO4S/c1-20-8-7-16(10-13(17)18)15(19)14-12-5-3-2-4-11(12)6-9-21-14/h2-5,14H,6-10H2,1H3,(H,17,18)/t14-/m1/s1. The number of carbonyl (C=O) groups excluding carboxylic acids is 1. The first kappa shape index (κ1) is 15.9. The van der Waals surface area contributed by atoms with Crippen molar-refractivity contribution in [3.63, 3.8) is 0 Å². The molecule has 1 N–H and O–H groups in total. The highest BCUT2D eigenvalue weighted by molar-refractivity contribution is 8.00. The Morgan fingerprint density at radius 1 is 1.43 bits per heavy atom. The van der Waals surface area contributed by atoms with Crippen molar-refractivity contribution in [1.29, 1.82) is 0 Å². The summed E-state index contributed by atoms with van der Waals surface area (Å²) in [5, 5.41) is 8.67. The van der Waals surface area contributed by atoms with Crippen LogP contribution in [0.4, 0.5) is 0 Å². The molecular weight excluding hydrogens is 290 g/mol. The van der Waals surface area contributed by atoms with Gasteiger partial charge in [-0.1, -0.05) is 24.3 Å². The van der Waals surface area contributed by atoms with Crippen LogP contribution in [0.1, 0.15) is 16.4 Å². The third-order valence-corrected chi connectivity index (χ3v) is 4.65. The molecule has 0 spiro atoms. The van der Waals surface area contributed by atoms with Gasteiger partial charge in [0.1, 0.15) is 11.8 Å². The molecule has 0 aliphatic carbocycles. The Morgan fingerprint density at radius 3 is 2.90 bits per heavy atom. The van der Waals surface area contributed by atoms with E-state index in [1.165, 1.54) is 17.6 Å². The van der Waals surface area contributed by atoms with Crippen molar-refractivity contribution in [1.82, 2.24) is 4.90 Å². The zero-order valence-electron chi connectivity index (χ0n) is 11.9. The molecule has 0 saturated carbocycles. The van der Waals surface area contributed by atoms with Crippen LogP contribution in [0.5, 0.6) is 0 Å². The van der Waals surface area contributed by atoms with Crippen LogP contribution in [0, 0.1) is 0 Å². The number of carbonyl (C=O) groups is 2. The smallest absolute Gasteiger partial charge is 0.323 e. The minimum Gasteiger partial charge on any atom is -0.480 e. The molecule has 1 aromatic rings. The number of methoxy groups -OCH3 is 1. The van der Waals surface area contributed by atoms with E-state index < -0.39 is 5.97 Å². The largest absolute Gasteiger partial charge is 0.480 e. The van der Waals surface area contributed by atoms with Gasteiger partial charge in [-0.25, -0.2) is 0 Å². The Labute approximate surface area is 128 Å². The third kappa shape index (κ3) is 3.98. The molecule has 2 rings (SSSR count). The van der Waals surface area contributed by atoms with Gasteiger partial charge in [-0.2, -0.15) is 0 Å². The number of hydrogen-bond donors (Lipinski definition) is 1. The van der Waals surface area contributed by atoms with E-state index in [2.05, 4.69) is 0 Å². The molecule has 21 heavy (non-hydrogen) atoms. The second-order valence-electron chi connectivity index (χ2n) is 4.85. The highest BCUT2D eigenvalue weighted by Gasteiger charge is 2.31. The quantitative estimate of drug-likeness (QED) is 0.864. The lowest BCUT2D eigenvalue weighted by atomic mass is 10.0. The van der Waals surface area contributed by atoms with Crippen molar-refractivity contribution in [3.8, 4) is 0 Å². The molecule has 6 heteroatoms. The number of benzene rings is 1. The van der Waals surface area contributed by atoms with E-state index in [4.69, 9.17) is 9.84 Å². The molecule has 0 aromatic heterocycles. The number of carboxylic acids is 1. The predicted octanol–water partition coefficient (Wildman–Crippen LogP) is 1.58. The monoisotopic (exact) mass is 309 g/mol.